The Morgan fingerprint density at radius 2 is 1.86 bits per heavy atom. The van der Waals surface area contributed by atoms with E-state index in [9.17, 15) is 22.8 Å². The first-order valence-corrected chi connectivity index (χ1v) is 10.9. The summed E-state index contributed by atoms with van der Waals surface area (Å²) in [4.78, 5) is 37.3. The van der Waals surface area contributed by atoms with Gasteiger partial charge in [0.15, 0.2) is 16.4 Å². The number of amides is 2. The second-order valence-electron chi connectivity index (χ2n) is 7.33. The van der Waals surface area contributed by atoms with Crippen LogP contribution in [0.4, 0.5) is 5.69 Å². The summed E-state index contributed by atoms with van der Waals surface area (Å²) < 4.78 is 28.6. The summed E-state index contributed by atoms with van der Waals surface area (Å²) in [5.74, 6) is -1.11. The summed E-state index contributed by atoms with van der Waals surface area (Å²) in [6.07, 6.45) is 0.402. The maximum absolute atomic E-state index is 12.6. The number of nitrogens with one attached hydrogen (secondary N) is 1. The van der Waals surface area contributed by atoms with Crippen molar-refractivity contribution in [2.24, 2.45) is 5.92 Å². The van der Waals surface area contributed by atoms with E-state index in [0.29, 0.717) is 18.7 Å². The highest BCUT2D eigenvalue weighted by Gasteiger charge is 2.35. The Balaban J connectivity index is 1.97. The Kier molecular flexibility index (Phi) is 7.17. The van der Waals surface area contributed by atoms with Gasteiger partial charge >= 0.3 is 5.97 Å². The first kappa shape index (κ1) is 21.9. The van der Waals surface area contributed by atoms with E-state index in [1.165, 1.54) is 24.0 Å². The maximum Gasteiger partial charge on any atom is 0.338 e. The van der Waals surface area contributed by atoms with Crippen LogP contribution in [0.2, 0.25) is 0 Å². The largest absolute Gasteiger partial charge is 0.452 e. The minimum Gasteiger partial charge on any atom is -0.452 e. The van der Waals surface area contributed by atoms with Gasteiger partial charge in [-0.1, -0.05) is 13.8 Å². The number of hydrogen-bond donors (Lipinski definition) is 1. The van der Waals surface area contributed by atoms with Gasteiger partial charge < -0.3 is 15.0 Å². The fraction of sp³-hybridized carbons (Fsp3) is 0.526. The van der Waals surface area contributed by atoms with Crippen molar-refractivity contribution in [2.45, 2.75) is 33.2 Å². The van der Waals surface area contributed by atoms with Gasteiger partial charge in [0.25, 0.3) is 5.91 Å². The zero-order valence-corrected chi connectivity index (χ0v) is 17.1. The van der Waals surface area contributed by atoms with Gasteiger partial charge in [0, 0.05) is 25.2 Å². The number of benzene rings is 1. The van der Waals surface area contributed by atoms with Crippen LogP contribution in [0.15, 0.2) is 24.3 Å². The van der Waals surface area contributed by atoms with E-state index in [2.05, 4.69) is 5.32 Å². The molecule has 1 heterocycles. The van der Waals surface area contributed by atoms with Gasteiger partial charge in [0.05, 0.1) is 17.1 Å². The van der Waals surface area contributed by atoms with E-state index in [1.807, 2.05) is 13.8 Å². The van der Waals surface area contributed by atoms with Gasteiger partial charge in [-0.15, -0.1) is 0 Å². The summed E-state index contributed by atoms with van der Waals surface area (Å²) in [5.41, 5.74) is 0.798. The predicted octanol–water partition coefficient (Wildman–Crippen LogP) is 1.47. The lowest BCUT2D eigenvalue weighted by Crippen LogP contribution is -2.45. The zero-order valence-electron chi connectivity index (χ0n) is 16.3. The molecule has 1 atom stereocenters. The number of carbonyl (C=O) groups is 3. The highest BCUT2D eigenvalue weighted by molar-refractivity contribution is 7.91. The summed E-state index contributed by atoms with van der Waals surface area (Å²) in [6, 6.07) is 5.74. The van der Waals surface area contributed by atoms with Gasteiger partial charge in [-0.2, -0.15) is 0 Å². The molecule has 1 aromatic rings. The van der Waals surface area contributed by atoms with E-state index in [0.717, 1.165) is 0 Å². The molecule has 2 amide bonds. The molecule has 1 saturated heterocycles. The van der Waals surface area contributed by atoms with Crippen LogP contribution in [0.5, 0.6) is 0 Å². The highest BCUT2D eigenvalue weighted by Crippen LogP contribution is 2.19. The topological polar surface area (TPSA) is 110 Å². The summed E-state index contributed by atoms with van der Waals surface area (Å²) in [7, 11) is -3.13. The molecule has 154 valence electrons. The Labute approximate surface area is 165 Å². The highest BCUT2D eigenvalue weighted by atomic mass is 32.2. The van der Waals surface area contributed by atoms with E-state index in [4.69, 9.17) is 4.74 Å². The van der Waals surface area contributed by atoms with Crippen molar-refractivity contribution in [3.63, 3.8) is 0 Å². The lowest BCUT2D eigenvalue weighted by Gasteiger charge is -2.29. The molecule has 0 aromatic heterocycles. The fourth-order valence-electron chi connectivity index (χ4n) is 3.06. The van der Waals surface area contributed by atoms with Crippen LogP contribution in [0.3, 0.4) is 0 Å². The molecule has 28 heavy (non-hydrogen) atoms. The summed E-state index contributed by atoms with van der Waals surface area (Å²) >= 11 is 0. The molecule has 1 N–H and O–H groups in total. The molecular formula is C19H26N2O6S. The third-order valence-corrected chi connectivity index (χ3v) is 6.05. The third-order valence-electron chi connectivity index (χ3n) is 4.30. The zero-order chi connectivity index (χ0) is 20.9. The van der Waals surface area contributed by atoms with Crippen molar-refractivity contribution < 1.29 is 27.5 Å². The Hall–Kier alpha value is -2.42. The van der Waals surface area contributed by atoms with Crippen LogP contribution < -0.4 is 5.32 Å². The maximum atomic E-state index is 12.6. The van der Waals surface area contributed by atoms with Gasteiger partial charge in [-0.25, -0.2) is 13.2 Å². The first-order valence-electron chi connectivity index (χ1n) is 9.12. The van der Waals surface area contributed by atoms with Crippen molar-refractivity contribution in [1.29, 1.82) is 0 Å². The number of nitrogens with zero attached hydrogens (tertiary/aromatic N) is 1. The molecule has 0 radical (unpaired) electrons. The van der Waals surface area contributed by atoms with Crippen LogP contribution in [-0.4, -0.2) is 61.8 Å². The van der Waals surface area contributed by atoms with Crippen molar-refractivity contribution >= 4 is 33.3 Å². The summed E-state index contributed by atoms with van der Waals surface area (Å²) in [6.45, 7) is 5.21. The predicted molar refractivity (Wildman–Crippen MR) is 105 cm³/mol. The quantitative estimate of drug-likeness (QED) is 0.682. The third kappa shape index (κ3) is 6.33. The molecule has 0 aliphatic carbocycles. The lowest BCUT2D eigenvalue weighted by molar-refractivity contribution is -0.137. The summed E-state index contributed by atoms with van der Waals surface area (Å²) in [5, 5.41) is 2.59. The van der Waals surface area contributed by atoms with Crippen LogP contribution in [0, 0.1) is 5.92 Å². The standard InChI is InChI=1S/C19H26N2O6S/c1-13(2)10-21(17-8-9-28(25,26)12-17)18(23)11-27-19(24)15-4-6-16(7-5-15)20-14(3)22/h4-7,13,17H,8-12H2,1-3H3,(H,20,22)/t17-/m0/s1. The first-order chi connectivity index (χ1) is 13.1. The van der Waals surface area contributed by atoms with Gasteiger partial charge in [0.1, 0.15) is 0 Å². The lowest BCUT2D eigenvalue weighted by atomic mass is 10.1. The molecule has 0 unspecified atom stereocenters. The number of rotatable bonds is 7. The molecule has 0 saturated carbocycles. The average molecular weight is 410 g/mol. The number of sulfone groups is 1. The van der Waals surface area contributed by atoms with Crippen molar-refractivity contribution in [2.75, 3.05) is 30.0 Å². The van der Waals surface area contributed by atoms with Gasteiger partial charge in [-0.3, -0.25) is 9.59 Å². The molecule has 1 aliphatic rings. The molecule has 1 aromatic carbocycles. The number of carbonyl (C=O) groups excluding carboxylic acids is 3. The second-order valence-corrected chi connectivity index (χ2v) is 9.56. The number of anilines is 1. The van der Waals surface area contributed by atoms with Crippen LogP contribution >= 0.6 is 0 Å². The van der Waals surface area contributed by atoms with E-state index >= 15 is 0 Å². The normalized spacial score (nSPS) is 17.9. The SMILES string of the molecule is CC(=O)Nc1ccc(C(=O)OCC(=O)N(CC(C)C)[C@H]2CCS(=O)(=O)C2)cc1. The van der Waals surface area contributed by atoms with Crippen LogP contribution in [0.25, 0.3) is 0 Å². The second kappa shape index (κ2) is 9.18. The van der Waals surface area contributed by atoms with Crippen molar-refractivity contribution in [1.82, 2.24) is 4.90 Å². The number of hydrogen-bond acceptors (Lipinski definition) is 6. The van der Waals surface area contributed by atoms with Crippen molar-refractivity contribution in [3.05, 3.63) is 29.8 Å². The molecule has 8 nitrogen and oxygen atoms in total. The van der Waals surface area contributed by atoms with Crippen molar-refractivity contribution in [3.8, 4) is 0 Å². The molecule has 1 aliphatic heterocycles. The molecule has 0 spiro atoms. The van der Waals surface area contributed by atoms with E-state index in [-0.39, 0.29) is 34.9 Å². The monoisotopic (exact) mass is 410 g/mol. The minimum absolute atomic E-state index is 0.0516. The number of esters is 1. The molecule has 9 heteroatoms. The Bertz CT molecular complexity index is 832. The minimum atomic E-state index is -3.13. The van der Waals surface area contributed by atoms with E-state index < -0.39 is 28.3 Å². The average Bonchev–Trinajstić information content (AvgIpc) is 2.97. The smallest absolute Gasteiger partial charge is 0.338 e. The molecule has 0 bridgehead atoms. The van der Waals surface area contributed by atoms with Gasteiger partial charge in [0.2, 0.25) is 5.91 Å². The van der Waals surface area contributed by atoms with E-state index in [1.54, 1.807) is 12.1 Å². The van der Waals surface area contributed by atoms with Gasteiger partial charge in [-0.05, 0) is 36.6 Å². The Morgan fingerprint density at radius 3 is 2.36 bits per heavy atom. The molecular weight excluding hydrogens is 384 g/mol. The van der Waals surface area contributed by atoms with Crippen LogP contribution in [0.1, 0.15) is 37.6 Å². The molecule has 1 fully saturated rings. The number of ether oxygens (including phenoxy) is 1. The fourth-order valence-corrected chi connectivity index (χ4v) is 4.79. The van der Waals surface area contributed by atoms with Crippen LogP contribution in [-0.2, 0) is 24.2 Å². The molecule has 2 rings (SSSR count). The Morgan fingerprint density at radius 1 is 1.21 bits per heavy atom.